The van der Waals surface area contributed by atoms with Crippen molar-refractivity contribution in [2.75, 3.05) is 54.9 Å². The molecular formula is C64H77AlLiO4. The van der Waals surface area contributed by atoms with Crippen LogP contribution in [0.4, 0.5) is 0 Å². The third kappa shape index (κ3) is 15.3. The summed E-state index contributed by atoms with van der Waals surface area (Å²) in [5.41, 5.74) is 27.5. The first-order valence-corrected chi connectivity index (χ1v) is 24.1. The van der Waals surface area contributed by atoms with Crippen LogP contribution in [0.15, 0.2) is 121 Å². The van der Waals surface area contributed by atoms with Crippen molar-refractivity contribution in [1.82, 2.24) is 0 Å². The molecule has 361 valence electrons. The predicted molar refractivity (Wildman–Crippen MR) is 295 cm³/mol. The number of aryl methyl sites for hydroxylation is 8. The molecule has 0 spiro atoms. The number of hydrogen-bond acceptors (Lipinski definition) is 4. The number of methoxy groups -OCH3 is 4. The topological polar surface area (TPSA) is 36.9 Å². The van der Waals surface area contributed by atoms with E-state index >= 15 is 0 Å². The Morgan fingerprint density at radius 2 is 0.586 bits per heavy atom. The Labute approximate surface area is 445 Å². The van der Waals surface area contributed by atoms with Gasteiger partial charge in [-0.25, -0.2) is 0 Å². The van der Waals surface area contributed by atoms with Gasteiger partial charge in [-0.05, 0) is 174 Å². The normalized spacial score (nSPS) is 10.8. The number of hydrogen-bond donors (Lipinski definition) is 0. The van der Waals surface area contributed by atoms with E-state index in [9.17, 15) is 0 Å². The zero-order valence-corrected chi connectivity index (χ0v) is 46.7. The molecule has 4 nitrogen and oxygen atoms in total. The minimum absolute atomic E-state index is 0. The summed E-state index contributed by atoms with van der Waals surface area (Å²) in [6.07, 6.45) is 1.57. The molecular weight excluding hydrogens is 867 g/mol. The fourth-order valence-corrected chi connectivity index (χ4v) is 9.48. The Balaban J connectivity index is 0.000000825. The molecule has 0 saturated carbocycles. The van der Waals surface area contributed by atoms with Crippen molar-refractivity contribution >= 4 is 17.4 Å². The van der Waals surface area contributed by atoms with Crippen LogP contribution in [0.5, 0.6) is 0 Å². The summed E-state index contributed by atoms with van der Waals surface area (Å²) in [5.74, 6) is 0. The van der Waals surface area contributed by atoms with Gasteiger partial charge >= 0.3 is 18.9 Å². The molecule has 70 heavy (non-hydrogen) atoms. The number of rotatable bonds is 14. The molecule has 0 saturated heterocycles. The molecule has 7 rings (SSSR count). The minimum Gasteiger partial charge on any atom is -0.382 e. The van der Waals surface area contributed by atoms with Crippen LogP contribution in [0.3, 0.4) is 0 Å². The van der Waals surface area contributed by atoms with Gasteiger partial charge in [-0.15, -0.1) is 0 Å². The fourth-order valence-electron chi connectivity index (χ4n) is 9.48. The van der Waals surface area contributed by atoms with Crippen molar-refractivity contribution in [2.45, 2.75) is 94.4 Å². The molecule has 0 bridgehead atoms. The van der Waals surface area contributed by atoms with Gasteiger partial charge in [-0.1, -0.05) is 130 Å². The second kappa shape index (κ2) is 28.5. The van der Waals surface area contributed by atoms with Crippen molar-refractivity contribution in [3.63, 3.8) is 0 Å². The van der Waals surface area contributed by atoms with E-state index in [4.69, 9.17) is 0 Å². The van der Waals surface area contributed by atoms with E-state index in [0.29, 0.717) is 26.4 Å². The van der Waals surface area contributed by atoms with Crippen molar-refractivity contribution in [3.8, 4) is 44.5 Å². The van der Waals surface area contributed by atoms with Crippen LogP contribution in [-0.2, 0) is 37.2 Å². The van der Waals surface area contributed by atoms with Crippen molar-refractivity contribution in [1.29, 1.82) is 0 Å². The van der Waals surface area contributed by atoms with Crippen LogP contribution in [0.25, 0.3) is 44.5 Å². The van der Waals surface area contributed by atoms with Crippen molar-refractivity contribution < 1.29 is 37.8 Å². The van der Waals surface area contributed by atoms with Crippen molar-refractivity contribution in [2.24, 2.45) is 0 Å². The first-order valence-electron chi connectivity index (χ1n) is 24.1. The maximum absolute atomic E-state index is 4.66. The van der Waals surface area contributed by atoms with Gasteiger partial charge < -0.3 is 18.9 Å². The van der Waals surface area contributed by atoms with E-state index < -0.39 is 0 Å². The summed E-state index contributed by atoms with van der Waals surface area (Å²) in [6, 6.07) is 49.6. The van der Waals surface area contributed by atoms with E-state index in [0.717, 1.165) is 12.8 Å². The van der Waals surface area contributed by atoms with E-state index in [2.05, 4.69) is 223 Å². The maximum Gasteiger partial charge on any atom is 1.00 e. The minimum atomic E-state index is -0.0400. The van der Waals surface area contributed by atoms with Gasteiger partial charge in [0.15, 0.2) is 0 Å². The van der Waals surface area contributed by atoms with Gasteiger partial charge in [0.1, 0.15) is 0 Å². The van der Waals surface area contributed by atoms with Crippen LogP contribution >= 0.6 is 0 Å². The molecule has 0 N–H and O–H groups in total. The molecule has 7 aromatic rings. The summed E-state index contributed by atoms with van der Waals surface area (Å²) in [5, 5.41) is 0. The second-order valence-corrected chi connectivity index (χ2v) is 19.2. The Bertz CT molecular complexity index is 2360. The van der Waals surface area contributed by atoms with Gasteiger partial charge in [0, 0.05) is 45.8 Å². The Morgan fingerprint density at radius 3 is 0.786 bits per heavy atom. The number of benzene rings is 7. The van der Waals surface area contributed by atoms with Crippen LogP contribution < -0.4 is 18.9 Å². The molecule has 0 unspecified atom stereocenters. The summed E-state index contributed by atoms with van der Waals surface area (Å²) >= 11 is 0. The van der Waals surface area contributed by atoms with Gasteiger partial charge in [0.05, 0.1) is 26.4 Å². The molecule has 0 aromatic heterocycles. The molecule has 6 heteroatoms. The molecule has 7 aromatic carbocycles. The molecule has 0 atom stereocenters. The smallest absolute Gasteiger partial charge is 0.382 e. The van der Waals surface area contributed by atoms with Gasteiger partial charge in [-0.3, -0.25) is 0 Å². The van der Waals surface area contributed by atoms with Crippen LogP contribution in [-0.4, -0.2) is 72.2 Å². The molecule has 0 aliphatic rings. The standard InChI is InChI=1S/C56H57.2C4H10O2.Al.Li/c1-35-18-12-19-36(2)52(35)46-26-16-27-47(53-37(3)20-13-21-38(53)4)50(46)33-43-30-44(32-45(31-43)56(9,10)11)34-51-48(54-39(5)22-14-23-40(54)6)28-17-29-49(51)55-41(7)24-15-25-42(55)8;2*1-5-3-4-6-2;;/h12-29,31-32H,33-34H2,1-11H3;2*3-4H2,1-2H3;;/q-1;;;;+1. The van der Waals surface area contributed by atoms with Crippen LogP contribution in [0.2, 0.25) is 0 Å². The fraction of sp³-hybridized carbons (Fsp3) is 0.344. The summed E-state index contributed by atoms with van der Waals surface area (Å²) in [7, 11) is 6.61. The summed E-state index contributed by atoms with van der Waals surface area (Å²) in [6.45, 7) is 27.8. The third-order valence-electron chi connectivity index (χ3n) is 12.9. The quantitative estimate of drug-likeness (QED) is 0.0618. The molecule has 0 heterocycles. The molecule has 0 aliphatic heterocycles. The van der Waals surface area contributed by atoms with E-state index in [-0.39, 0.29) is 41.6 Å². The Kier molecular flexibility index (Phi) is 24.4. The summed E-state index contributed by atoms with van der Waals surface area (Å²) < 4.78 is 18.6. The average molecular weight is 944 g/mol. The van der Waals surface area contributed by atoms with E-state index in [1.54, 1.807) is 28.4 Å². The monoisotopic (exact) mass is 944 g/mol. The van der Waals surface area contributed by atoms with Crippen molar-refractivity contribution in [3.05, 3.63) is 200 Å². The van der Waals surface area contributed by atoms with E-state index in [1.165, 1.54) is 117 Å². The first-order chi connectivity index (χ1) is 32.6. The van der Waals surface area contributed by atoms with Crippen LogP contribution in [0.1, 0.15) is 93.1 Å². The average Bonchev–Trinajstić information content (AvgIpc) is 3.29. The van der Waals surface area contributed by atoms with Crippen LogP contribution in [0, 0.1) is 61.5 Å². The number of ether oxygens (including phenoxy) is 4. The summed E-state index contributed by atoms with van der Waals surface area (Å²) in [4.78, 5) is 0. The zero-order chi connectivity index (χ0) is 49.5. The SMILES string of the molecule is COCCOC.COCCOC.Cc1cccc(C)c1-c1cccc(-c2c(C)cccc2C)c1Cc1[c-]c(Cc2c(-c3c(C)cccc3C)cccc2-c2c(C)cccc2C)cc(C(C)(C)C)c1.[Al].[Li+]. The molecule has 0 amide bonds. The Hall–Kier alpha value is -4.49. The van der Waals surface area contributed by atoms with Gasteiger partial charge in [-0.2, -0.15) is 34.9 Å². The molecule has 3 radical (unpaired) electrons. The Morgan fingerprint density at radius 1 is 0.371 bits per heavy atom. The second-order valence-electron chi connectivity index (χ2n) is 19.2. The molecule has 0 fully saturated rings. The largest absolute Gasteiger partial charge is 1.00 e. The maximum atomic E-state index is 4.66. The van der Waals surface area contributed by atoms with Gasteiger partial charge in [0.2, 0.25) is 0 Å². The third-order valence-corrected chi connectivity index (χ3v) is 12.9. The zero-order valence-electron chi connectivity index (χ0n) is 45.5. The van der Waals surface area contributed by atoms with E-state index in [1.807, 2.05) is 0 Å². The molecule has 0 aliphatic carbocycles. The first kappa shape index (κ1) is 59.8. The predicted octanol–water partition coefficient (Wildman–Crippen LogP) is 12.3. The van der Waals surface area contributed by atoms with Gasteiger partial charge in [0.25, 0.3) is 0 Å².